The van der Waals surface area contributed by atoms with E-state index in [4.69, 9.17) is 35.3 Å². The van der Waals surface area contributed by atoms with Gasteiger partial charge in [-0.15, -0.1) is 0 Å². The van der Waals surface area contributed by atoms with Crippen LogP contribution in [0.4, 0.5) is 11.4 Å². The lowest BCUT2D eigenvalue weighted by molar-refractivity contribution is 0.100. The van der Waals surface area contributed by atoms with E-state index in [9.17, 15) is 4.79 Å². The van der Waals surface area contributed by atoms with Gasteiger partial charge in [-0.25, -0.2) is 0 Å². The van der Waals surface area contributed by atoms with E-state index >= 15 is 0 Å². The summed E-state index contributed by atoms with van der Waals surface area (Å²) >= 11 is 11.0. The van der Waals surface area contributed by atoms with E-state index in [0.717, 1.165) is 0 Å². The van der Waals surface area contributed by atoms with Crippen LogP contribution >= 0.6 is 23.8 Å². The molecule has 0 radical (unpaired) electrons. The fraction of sp³-hybridized carbons (Fsp3) is 0. The normalized spacial score (nSPS) is 10.1. The first kappa shape index (κ1) is 14.3. The fourth-order valence-electron chi connectivity index (χ4n) is 1.74. The SMILES string of the molecule is NC(=O)c1cccc(Nc2cc(Cl)ccc2C(N)=S)c1. The van der Waals surface area contributed by atoms with Crippen LogP contribution in [0.3, 0.4) is 0 Å². The highest BCUT2D eigenvalue weighted by molar-refractivity contribution is 7.80. The summed E-state index contributed by atoms with van der Waals surface area (Å²) in [5.41, 5.74) is 13.4. The first-order valence-corrected chi connectivity index (χ1v) is 6.52. The molecule has 0 spiro atoms. The number of benzene rings is 2. The summed E-state index contributed by atoms with van der Waals surface area (Å²) in [7, 11) is 0. The molecule has 0 fully saturated rings. The summed E-state index contributed by atoms with van der Waals surface area (Å²) in [6, 6.07) is 12.0. The Balaban J connectivity index is 2.39. The first-order chi connectivity index (χ1) is 9.47. The molecule has 4 nitrogen and oxygen atoms in total. The molecule has 0 aliphatic heterocycles. The van der Waals surface area contributed by atoms with Crippen molar-refractivity contribution in [3.63, 3.8) is 0 Å². The third kappa shape index (κ3) is 3.26. The average molecular weight is 306 g/mol. The summed E-state index contributed by atoms with van der Waals surface area (Å²) in [4.78, 5) is 11.4. The highest BCUT2D eigenvalue weighted by Gasteiger charge is 2.07. The molecule has 5 N–H and O–H groups in total. The van der Waals surface area contributed by atoms with Crippen molar-refractivity contribution in [2.24, 2.45) is 11.5 Å². The molecule has 0 aliphatic rings. The number of rotatable bonds is 4. The van der Waals surface area contributed by atoms with Crippen LogP contribution in [0, 0.1) is 0 Å². The number of primary amides is 1. The van der Waals surface area contributed by atoms with Gasteiger partial charge in [0.25, 0.3) is 0 Å². The Morgan fingerprint density at radius 2 is 1.90 bits per heavy atom. The first-order valence-electron chi connectivity index (χ1n) is 5.73. The van der Waals surface area contributed by atoms with Gasteiger partial charge in [-0.3, -0.25) is 4.79 Å². The zero-order chi connectivity index (χ0) is 14.7. The van der Waals surface area contributed by atoms with Crippen LogP contribution in [0.5, 0.6) is 0 Å². The smallest absolute Gasteiger partial charge is 0.248 e. The number of carbonyl (C=O) groups excluding carboxylic acids is 1. The second-order valence-electron chi connectivity index (χ2n) is 4.12. The second kappa shape index (κ2) is 5.90. The summed E-state index contributed by atoms with van der Waals surface area (Å²) in [6.07, 6.45) is 0. The van der Waals surface area contributed by atoms with E-state index in [-0.39, 0.29) is 4.99 Å². The number of hydrogen-bond donors (Lipinski definition) is 3. The maximum Gasteiger partial charge on any atom is 0.248 e. The number of nitrogens with two attached hydrogens (primary N) is 2. The van der Waals surface area contributed by atoms with Gasteiger partial charge in [0.1, 0.15) is 4.99 Å². The molecule has 0 saturated carbocycles. The number of thiocarbonyl (C=S) groups is 1. The Hall–Kier alpha value is -2.11. The Labute approximate surface area is 126 Å². The second-order valence-corrected chi connectivity index (χ2v) is 5.00. The molecule has 2 rings (SSSR count). The van der Waals surface area contributed by atoms with Crippen LogP contribution in [-0.2, 0) is 0 Å². The van der Waals surface area contributed by atoms with Crippen LogP contribution < -0.4 is 16.8 Å². The van der Waals surface area contributed by atoms with Gasteiger partial charge in [0.05, 0.1) is 5.69 Å². The molecular formula is C14H12ClN3OS. The Bertz CT molecular complexity index is 688. The van der Waals surface area contributed by atoms with Crippen molar-refractivity contribution in [1.82, 2.24) is 0 Å². The van der Waals surface area contributed by atoms with E-state index in [0.29, 0.717) is 27.5 Å². The summed E-state index contributed by atoms with van der Waals surface area (Å²) in [5.74, 6) is -0.491. The van der Waals surface area contributed by atoms with Gasteiger partial charge in [0, 0.05) is 21.8 Å². The summed E-state index contributed by atoms with van der Waals surface area (Å²) < 4.78 is 0. The lowest BCUT2D eigenvalue weighted by Gasteiger charge is -2.12. The molecule has 20 heavy (non-hydrogen) atoms. The van der Waals surface area contributed by atoms with E-state index in [1.807, 2.05) is 0 Å². The molecule has 0 saturated heterocycles. The number of halogens is 1. The topological polar surface area (TPSA) is 81.1 Å². The van der Waals surface area contributed by atoms with Crippen molar-refractivity contribution in [2.45, 2.75) is 0 Å². The van der Waals surface area contributed by atoms with E-state index in [1.165, 1.54) is 0 Å². The van der Waals surface area contributed by atoms with Crippen molar-refractivity contribution >= 4 is 46.1 Å². The van der Waals surface area contributed by atoms with Crippen molar-refractivity contribution in [1.29, 1.82) is 0 Å². The Morgan fingerprint density at radius 1 is 1.15 bits per heavy atom. The van der Waals surface area contributed by atoms with Gasteiger partial charge in [-0.2, -0.15) is 0 Å². The summed E-state index contributed by atoms with van der Waals surface area (Å²) in [6.45, 7) is 0. The zero-order valence-electron chi connectivity index (χ0n) is 10.4. The number of hydrogen-bond acceptors (Lipinski definition) is 3. The van der Waals surface area contributed by atoms with E-state index in [1.54, 1.807) is 42.5 Å². The maximum atomic E-state index is 11.2. The molecule has 0 aliphatic carbocycles. The number of anilines is 2. The molecule has 0 aromatic heterocycles. The quantitative estimate of drug-likeness (QED) is 0.759. The molecule has 0 atom stereocenters. The highest BCUT2D eigenvalue weighted by atomic mass is 35.5. The van der Waals surface area contributed by atoms with Crippen LogP contribution in [0.2, 0.25) is 5.02 Å². The van der Waals surface area contributed by atoms with Gasteiger partial charge >= 0.3 is 0 Å². The predicted octanol–water partition coefficient (Wildman–Crippen LogP) is 2.82. The van der Waals surface area contributed by atoms with Gasteiger partial charge in [0.15, 0.2) is 0 Å². The van der Waals surface area contributed by atoms with E-state index in [2.05, 4.69) is 5.32 Å². The monoisotopic (exact) mass is 305 g/mol. The van der Waals surface area contributed by atoms with Gasteiger partial charge in [-0.1, -0.05) is 29.9 Å². The van der Waals surface area contributed by atoms with Gasteiger partial charge < -0.3 is 16.8 Å². The minimum Gasteiger partial charge on any atom is -0.389 e. The minimum absolute atomic E-state index is 0.259. The lowest BCUT2D eigenvalue weighted by Crippen LogP contribution is -2.13. The minimum atomic E-state index is -0.491. The number of carbonyl (C=O) groups is 1. The Kier molecular flexibility index (Phi) is 4.22. The predicted molar refractivity (Wildman–Crippen MR) is 85.6 cm³/mol. The molecule has 2 aromatic carbocycles. The van der Waals surface area contributed by atoms with Crippen molar-refractivity contribution in [2.75, 3.05) is 5.32 Å². The molecule has 1 amide bonds. The van der Waals surface area contributed by atoms with Crippen LogP contribution in [-0.4, -0.2) is 10.9 Å². The molecule has 6 heteroatoms. The summed E-state index contributed by atoms with van der Waals surface area (Å²) in [5, 5.41) is 3.68. The maximum absolute atomic E-state index is 11.2. The molecule has 0 bridgehead atoms. The fourth-order valence-corrected chi connectivity index (χ4v) is 2.09. The van der Waals surface area contributed by atoms with Crippen molar-refractivity contribution in [3.8, 4) is 0 Å². The third-order valence-electron chi connectivity index (χ3n) is 2.67. The third-order valence-corrected chi connectivity index (χ3v) is 3.13. The molecule has 2 aromatic rings. The van der Waals surface area contributed by atoms with Crippen molar-refractivity contribution in [3.05, 3.63) is 58.6 Å². The van der Waals surface area contributed by atoms with Crippen molar-refractivity contribution < 1.29 is 4.79 Å². The zero-order valence-corrected chi connectivity index (χ0v) is 12.0. The largest absolute Gasteiger partial charge is 0.389 e. The number of amides is 1. The van der Waals surface area contributed by atoms with Gasteiger partial charge in [0.2, 0.25) is 5.91 Å². The molecule has 0 heterocycles. The number of nitrogens with one attached hydrogen (secondary N) is 1. The molecule has 102 valence electrons. The van der Waals surface area contributed by atoms with Crippen LogP contribution in [0.15, 0.2) is 42.5 Å². The average Bonchev–Trinajstić information content (AvgIpc) is 2.38. The van der Waals surface area contributed by atoms with Crippen LogP contribution in [0.25, 0.3) is 0 Å². The standard InChI is InChI=1S/C14H12ClN3OS/c15-9-4-5-11(14(17)20)12(7-9)18-10-3-1-2-8(6-10)13(16)19/h1-7,18H,(H2,16,19)(H2,17,20). The molecule has 0 unspecified atom stereocenters. The van der Waals surface area contributed by atoms with Crippen LogP contribution in [0.1, 0.15) is 15.9 Å². The highest BCUT2D eigenvalue weighted by Crippen LogP contribution is 2.25. The Morgan fingerprint density at radius 3 is 2.55 bits per heavy atom. The van der Waals surface area contributed by atoms with Gasteiger partial charge in [-0.05, 0) is 36.4 Å². The molecular weight excluding hydrogens is 294 g/mol. The van der Waals surface area contributed by atoms with E-state index < -0.39 is 5.91 Å². The lowest BCUT2D eigenvalue weighted by atomic mass is 10.1.